The van der Waals surface area contributed by atoms with Crippen molar-refractivity contribution in [3.05, 3.63) is 28.4 Å². The first-order valence-electron chi connectivity index (χ1n) is 7.51. The van der Waals surface area contributed by atoms with Crippen molar-refractivity contribution in [3.8, 4) is 0 Å². The van der Waals surface area contributed by atoms with Crippen molar-refractivity contribution in [2.75, 3.05) is 5.75 Å². The zero-order valence-corrected chi connectivity index (χ0v) is 13.4. The van der Waals surface area contributed by atoms with Crippen LogP contribution in [-0.4, -0.2) is 48.4 Å². The van der Waals surface area contributed by atoms with Gasteiger partial charge in [-0.05, 0) is 23.3 Å². The molecule has 1 fully saturated rings. The first-order valence-corrected chi connectivity index (χ1v) is 8.56. The maximum atomic E-state index is 11.8. The van der Waals surface area contributed by atoms with Crippen LogP contribution in [0.1, 0.15) is 31.7 Å². The zero-order valence-electron chi connectivity index (χ0n) is 12.6. The van der Waals surface area contributed by atoms with Crippen molar-refractivity contribution in [3.63, 3.8) is 0 Å². The highest BCUT2D eigenvalue weighted by Gasteiger charge is 2.43. The fourth-order valence-corrected chi connectivity index (χ4v) is 4.13. The third-order valence-corrected chi connectivity index (χ3v) is 5.63. The molecule has 0 aliphatic heterocycles. The minimum absolute atomic E-state index is 0.0550. The van der Waals surface area contributed by atoms with E-state index in [0.29, 0.717) is 22.7 Å². The number of nitrogens with zero attached hydrogens (tertiary/aromatic N) is 1. The lowest BCUT2D eigenvalue weighted by atomic mass is 9.96. The number of fused-ring (bicyclic) bond motifs is 1. The monoisotopic (exact) mass is 323 g/mol. The van der Waals surface area contributed by atoms with Crippen LogP contribution in [0.25, 0.3) is 11.0 Å². The summed E-state index contributed by atoms with van der Waals surface area (Å²) in [6, 6.07) is 0. The Morgan fingerprint density at radius 2 is 2.14 bits per heavy atom. The SMILES string of the molecule is CC(C)SC[C@H]1C[C@@H](c2c[nH]c3c(=O)[nH]cnc23)[C@H](O)[C@@H]1O. The summed E-state index contributed by atoms with van der Waals surface area (Å²) in [5.74, 6) is 0.679. The predicted molar refractivity (Wildman–Crippen MR) is 87.2 cm³/mol. The number of rotatable bonds is 4. The quantitative estimate of drug-likeness (QED) is 0.677. The van der Waals surface area contributed by atoms with Gasteiger partial charge in [0.25, 0.3) is 5.56 Å². The van der Waals surface area contributed by atoms with Crippen LogP contribution < -0.4 is 5.56 Å². The standard InChI is InChI=1S/C15H21N3O3S/c1-7(2)22-5-8-3-9(14(20)13(8)19)10-4-16-12-11(10)17-6-18-15(12)21/h4,6-9,13-14,16,19-20H,3,5H2,1-2H3,(H,17,18,21)/t8-,9+,13-,14+/m1/s1. The van der Waals surface area contributed by atoms with Crippen molar-refractivity contribution < 1.29 is 10.2 Å². The van der Waals surface area contributed by atoms with Crippen molar-refractivity contribution in [2.24, 2.45) is 5.92 Å². The van der Waals surface area contributed by atoms with Crippen LogP contribution >= 0.6 is 11.8 Å². The van der Waals surface area contributed by atoms with Crippen LogP contribution in [-0.2, 0) is 0 Å². The van der Waals surface area contributed by atoms with E-state index in [2.05, 4.69) is 28.8 Å². The molecular formula is C15H21N3O3S. The van der Waals surface area contributed by atoms with E-state index in [-0.39, 0.29) is 17.4 Å². The van der Waals surface area contributed by atoms with Crippen LogP contribution in [0.3, 0.4) is 0 Å². The number of thioether (sulfide) groups is 1. The van der Waals surface area contributed by atoms with Gasteiger partial charge in [-0.2, -0.15) is 11.8 Å². The molecule has 1 saturated carbocycles. The number of H-pyrrole nitrogens is 2. The molecule has 2 aromatic heterocycles. The summed E-state index contributed by atoms with van der Waals surface area (Å²) in [7, 11) is 0. The predicted octanol–water partition coefficient (Wildman–Crippen LogP) is 1.22. The van der Waals surface area contributed by atoms with Crippen molar-refractivity contribution in [1.29, 1.82) is 0 Å². The van der Waals surface area contributed by atoms with Gasteiger partial charge in [0.1, 0.15) is 5.52 Å². The van der Waals surface area contributed by atoms with Gasteiger partial charge < -0.3 is 20.2 Å². The lowest BCUT2D eigenvalue weighted by Crippen LogP contribution is -2.28. The second kappa shape index (κ2) is 6.06. The van der Waals surface area contributed by atoms with Crippen LogP contribution in [0.4, 0.5) is 0 Å². The Morgan fingerprint density at radius 3 is 2.86 bits per heavy atom. The Morgan fingerprint density at radius 1 is 1.36 bits per heavy atom. The average Bonchev–Trinajstić information content (AvgIpc) is 3.01. The minimum atomic E-state index is -0.821. The Bertz CT molecular complexity index is 711. The third-order valence-electron chi connectivity index (χ3n) is 4.34. The normalized spacial score (nSPS) is 28.8. The average molecular weight is 323 g/mol. The van der Waals surface area contributed by atoms with E-state index in [1.807, 2.05) is 0 Å². The number of hydrogen-bond acceptors (Lipinski definition) is 5. The molecule has 4 N–H and O–H groups in total. The summed E-state index contributed by atoms with van der Waals surface area (Å²) < 4.78 is 0. The summed E-state index contributed by atoms with van der Waals surface area (Å²) in [5.41, 5.74) is 1.58. The van der Waals surface area contributed by atoms with Crippen LogP contribution in [0, 0.1) is 5.92 Å². The van der Waals surface area contributed by atoms with Gasteiger partial charge in [-0.1, -0.05) is 13.8 Å². The fraction of sp³-hybridized carbons (Fsp3) is 0.600. The molecule has 4 atom stereocenters. The molecule has 3 rings (SSSR count). The van der Waals surface area contributed by atoms with Gasteiger partial charge in [-0.25, -0.2) is 4.98 Å². The Balaban J connectivity index is 1.88. The molecule has 1 aliphatic rings. The summed E-state index contributed by atoms with van der Waals surface area (Å²) in [6.45, 7) is 4.24. The van der Waals surface area contributed by atoms with Crippen molar-refractivity contribution >= 4 is 22.8 Å². The van der Waals surface area contributed by atoms with Gasteiger partial charge in [0.2, 0.25) is 0 Å². The van der Waals surface area contributed by atoms with Gasteiger partial charge >= 0.3 is 0 Å². The van der Waals surface area contributed by atoms with Gasteiger partial charge in [-0.3, -0.25) is 4.79 Å². The molecule has 0 spiro atoms. The molecule has 2 aromatic rings. The second-order valence-corrected chi connectivity index (χ2v) is 7.77. The first kappa shape index (κ1) is 15.6. The number of hydrogen-bond donors (Lipinski definition) is 4. The van der Waals surface area contributed by atoms with Crippen molar-refractivity contribution in [1.82, 2.24) is 15.0 Å². The van der Waals surface area contributed by atoms with Crippen molar-refractivity contribution in [2.45, 2.75) is 43.6 Å². The lowest BCUT2D eigenvalue weighted by Gasteiger charge is -2.17. The summed E-state index contributed by atoms with van der Waals surface area (Å²) in [6.07, 6.45) is 2.24. The Labute approximate surface area is 132 Å². The number of aromatic amines is 2. The zero-order chi connectivity index (χ0) is 15.9. The molecule has 0 aromatic carbocycles. The molecule has 0 bridgehead atoms. The Hall–Kier alpha value is -1.31. The van der Waals surface area contributed by atoms with E-state index in [0.717, 1.165) is 11.3 Å². The van der Waals surface area contributed by atoms with Gasteiger partial charge in [0.15, 0.2) is 0 Å². The smallest absolute Gasteiger partial charge is 0.275 e. The molecule has 0 amide bonds. The van der Waals surface area contributed by atoms with E-state index < -0.39 is 12.2 Å². The lowest BCUT2D eigenvalue weighted by molar-refractivity contribution is 0.0190. The molecule has 1 aliphatic carbocycles. The number of aliphatic hydroxyl groups is 2. The molecule has 6 nitrogen and oxygen atoms in total. The molecule has 22 heavy (non-hydrogen) atoms. The fourth-order valence-electron chi connectivity index (χ4n) is 3.17. The topological polar surface area (TPSA) is 102 Å². The van der Waals surface area contributed by atoms with E-state index in [1.165, 1.54) is 6.33 Å². The summed E-state index contributed by atoms with van der Waals surface area (Å²) in [5, 5.41) is 21.2. The minimum Gasteiger partial charge on any atom is -0.390 e. The Kier molecular flexibility index (Phi) is 4.29. The first-order chi connectivity index (χ1) is 10.5. The van der Waals surface area contributed by atoms with Gasteiger partial charge in [0.05, 0.1) is 24.1 Å². The van der Waals surface area contributed by atoms with E-state index in [9.17, 15) is 15.0 Å². The van der Waals surface area contributed by atoms with Crippen LogP contribution in [0.15, 0.2) is 17.3 Å². The molecule has 7 heteroatoms. The van der Waals surface area contributed by atoms with E-state index >= 15 is 0 Å². The van der Waals surface area contributed by atoms with Crippen LogP contribution in [0.2, 0.25) is 0 Å². The molecule has 0 radical (unpaired) electrons. The third kappa shape index (κ3) is 2.68. The highest BCUT2D eigenvalue weighted by Crippen LogP contribution is 2.42. The number of nitrogens with one attached hydrogen (secondary N) is 2. The molecule has 2 heterocycles. The molecular weight excluding hydrogens is 302 g/mol. The number of aliphatic hydroxyl groups excluding tert-OH is 2. The maximum absolute atomic E-state index is 11.8. The van der Waals surface area contributed by atoms with E-state index in [4.69, 9.17) is 0 Å². The highest BCUT2D eigenvalue weighted by molar-refractivity contribution is 7.99. The summed E-state index contributed by atoms with van der Waals surface area (Å²) >= 11 is 1.79. The molecule has 120 valence electrons. The summed E-state index contributed by atoms with van der Waals surface area (Å²) in [4.78, 5) is 21.4. The second-order valence-electron chi connectivity index (χ2n) is 6.16. The highest BCUT2D eigenvalue weighted by atomic mass is 32.2. The molecule has 0 unspecified atom stereocenters. The van der Waals surface area contributed by atoms with E-state index in [1.54, 1.807) is 18.0 Å². The largest absolute Gasteiger partial charge is 0.390 e. The van der Waals surface area contributed by atoms with Crippen LogP contribution in [0.5, 0.6) is 0 Å². The van der Waals surface area contributed by atoms with Gasteiger partial charge in [0, 0.05) is 17.7 Å². The van der Waals surface area contributed by atoms with Gasteiger partial charge in [-0.15, -0.1) is 0 Å². The number of aromatic nitrogens is 3. The maximum Gasteiger partial charge on any atom is 0.275 e. The molecule has 0 saturated heterocycles.